The average Bonchev–Trinajstić information content (AvgIpc) is 2.48. The molecule has 1 amide bonds. The van der Waals surface area contributed by atoms with E-state index in [4.69, 9.17) is 16.3 Å². The van der Waals surface area contributed by atoms with E-state index in [-0.39, 0.29) is 5.69 Å². The molecule has 7 heteroatoms. The summed E-state index contributed by atoms with van der Waals surface area (Å²) >= 11 is 5.52. The fourth-order valence-electron chi connectivity index (χ4n) is 1.77. The van der Waals surface area contributed by atoms with Gasteiger partial charge in [-0.2, -0.15) is 13.2 Å². The van der Waals surface area contributed by atoms with Gasteiger partial charge in [-0.25, -0.2) is 0 Å². The van der Waals surface area contributed by atoms with Crippen LogP contribution in [0.5, 0.6) is 5.75 Å². The summed E-state index contributed by atoms with van der Waals surface area (Å²) in [5, 5.41) is 1.98. The molecule has 0 atom stereocenters. The Morgan fingerprint density at radius 1 is 1.14 bits per heavy atom. The molecule has 2 aromatic rings. The lowest BCUT2D eigenvalue weighted by Gasteiger charge is -2.12. The second-order valence-corrected chi connectivity index (χ2v) is 4.78. The van der Waals surface area contributed by atoms with Gasteiger partial charge in [0.05, 0.1) is 17.7 Å². The van der Waals surface area contributed by atoms with E-state index in [1.54, 1.807) is 12.1 Å². The number of methoxy groups -OCH3 is 1. The van der Waals surface area contributed by atoms with Crippen LogP contribution in [-0.2, 0) is 6.18 Å². The Bertz CT molecular complexity index is 684. The number of amides is 1. The van der Waals surface area contributed by atoms with Crippen LogP contribution in [0.2, 0.25) is 5.02 Å². The van der Waals surface area contributed by atoms with Crippen molar-refractivity contribution in [1.82, 2.24) is 0 Å². The highest BCUT2D eigenvalue weighted by Crippen LogP contribution is 2.36. The number of carbonyl (C=O) groups excluding carboxylic acids is 1. The molecule has 1 N–H and O–H groups in total. The maximum Gasteiger partial charge on any atom is 0.417 e. The van der Waals surface area contributed by atoms with E-state index >= 15 is 0 Å². The third kappa shape index (κ3) is 3.71. The van der Waals surface area contributed by atoms with E-state index in [1.807, 2.05) is 0 Å². The monoisotopic (exact) mass is 329 g/mol. The number of alkyl halides is 3. The average molecular weight is 330 g/mol. The molecule has 0 aliphatic heterocycles. The number of carbonyl (C=O) groups is 1. The summed E-state index contributed by atoms with van der Waals surface area (Å²) in [7, 11) is 1.49. The van der Waals surface area contributed by atoms with Gasteiger partial charge in [0.1, 0.15) is 5.75 Å². The topological polar surface area (TPSA) is 38.3 Å². The van der Waals surface area contributed by atoms with Crippen molar-refractivity contribution in [3.63, 3.8) is 0 Å². The molecule has 0 heterocycles. The Balaban J connectivity index is 2.21. The summed E-state index contributed by atoms with van der Waals surface area (Å²) in [6.45, 7) is 0. The van der Waals surface area contributed by atoms with Gasteiger partial charge >= 0.3 is 6.18 Å². The number of rotatable bonds is 3. The summed E-state index contributed by atoms with van der Waals surface area (Å²) in [4.78, 5) is 12.0. The maximum absolute atomic E-state index is 12.8. The van der Waals surface area contributed by atoms with E-state index in [9.17, 15) is 18.0 Å². The van der Waals surface area contributed by atoms with Crippen LogP contribution in [0.1, 0.15) is 15.9 Å². The Morgan fingerprint density at radius 3 is 2.32 bits per heavy atom. The van der Waals surface area contributed by atoms with Crippen molar-refractivity contribution in [2.75, 3.05) is 12.4 Å². The largest absolute Gasteiger partial charge is 0.497 e. The lowest BCUT2D eigenvalue weighted by atomic mass is 10.1. The van der Waals surface area contributed by atoms with Crippen molar-refractivity contribution in [1.29, 1.82) is 0 Å². The minimum atomic E-state index is -4.59. The predicted molar refractivity (Wildman–Crippen MR) is 77.4 cm³/mol. The van der Waals surface area contributed by atoms with E-state index < -0.39 is 22.7 Å². The lowest BCUT2D eigenvalue weighted by Crippen LogP contribution is -2.13. The Morgan fingerprint density at radius 2 is 1.77 bits per heavy atom. The van der Waals surface area contributed by atoms with Gasteiger partial charge < -0.3 is 10.1 Å². The molecule has 0 bridgehead atoms. The van der Waals surface area contributed by atoms with Crippen molar-refractivity contribution < 1.29 is 22.7 Å². The highest BCUT2D eigenvalue weighted by atomic mass is 35.5. The number of halogens is 4. The Labute approximate surface area is 129 Å². The van der Waals surface area contributed by atoms with Crippen molar-refractivity contribution >= 4 is 23.2 Å². The zero-order valence-electron chi connectivity index (χ0n) is 11.4. The SMILES string of the molecule is COc1ccc(C(=O)Nc2ccc(Cl)c(C(F)(F)F)c2)cc1. The molecule has 2 aromatic carbocycles. The van der Waals surface area contributed by atoms with E-state index in [0.717, 1.165) is 12.1 Å². The van der Waals surface area contributed by atoms with Crippen molar-refractivity contribution in [2.45, 2.75) is 6.18 Å². The fraction of sp³-hybridized carbons (Fsp3) is 0.133. The summed E-state index contributed by atoms with van der Waals surface area (Å²) in [6, 6.07) is 9.37. The highest BCUT2D eigenvalue weighted by molar-refractivity contribution is 6.31. The van der Waals surface area contributed by atoms with Gasteiger partial charge in [-0.05, 0) is 42.5 Å². The van der Waals surface area contributed by atoms with Crippen LogP contribution in [-0.4, -0.2) is 13.0 Å². The molecule has 0 saturated heterocycles. The Kier molecular flexibility index (Phi) is 4.61. The molecule has 0 spiro atoms. The minimum absolute atomic E-state index is 0.0116. The van der Waals surface area contributed by atoms with Crippen molar-refractivity contribution in [3.05, 3.63) is 58.6 Å². The van der Waals surface area contributed by atoms with E-state index in [2.05, 4.69) is 5.32 Å². The van der Waals surface area contributed by atoms with Crippen LogP contribution in [0.15, 0.2) is 42.5 Å². The lowest BCUT2D eigenvalue weighted by molar-refractivity contribution is -0.137. The molecule has 0 aromatic heterocycles. The summed E-state index contributed by atoms with van der Waals surface area (Å²) in [5.41, 5.74) is -0.691. The van der Waals surface area contributed by atoms with Crippen molar-refractivity contribution in [3.8, 4) is 5.75 Å². The molecule has 0 saturated carbocycles. The first-order valence-electron chi connectivity index (χ1n) is 6.13. The number of nitrogens with one attached hydrogen (secondary N) is 1. The fourth-order valence-corrected chi connectivity index (χ4v) is 1.99. The molecule has 0 aliphatic rings. The number of anilines is 1. The molecule has 0 radical (unpaired) electrons. The molecular weight excluding hydrogens is 319 g/mol. The van der Waals surface area contributed by atoms with Gasteiger partial charge in [0, 0.05) is 11.3 Å². The normalized spacial score (nSPS) is 11.1. The van der Waals surface area contributed by atoms with Crippen LogP contribution in [0.3, 0.4) is 0 Å². The number of hydrogen-bond acceptors (Lipinski definition) is 2. The molecular formula is C15H11ClF3NO2. The number of hydrogen-bond donors (Lipinski definition) is 1. The summed E-state index contributed by atoms with van der Waals surface area (Å²) < 4.78 is 43.2. The standard InChI is InChI=1S/C15H11ClF3NO2/c1-22-11-5-2-9(3-6-11)14(21)20-10-4-7-13(16)12(8-10)15(17,18)19/h2-8H,1H3,(H,20,21). The molecule has 3 nitrogen and oxygen atoms in total. The molecule has 0 aliphatic carbocycles. The van der Waals surface area contributed by atoms with Crippen LogP contribution >= 0.6 is 11.6 Å². The van der Waals surface area contributed by atoms with Gasteiger partial charge in [0.15, 0.2) is 0 Å². The molecule has 116 valence electrons. The number of ether oxygens (including phenoxy) is 1. The van der Waals surface area contributed by atoms with E-state index in [1.165, 1.54) is 25.3 Å². The molecule has 0 unspecified atom stereocenters. The second kappa shape index (κ2) is 6.27. The Hall–Kier alpha value is -2.21. The first kappa shape index (κ1) is 16.2. The third-order valence-electron chi connectivity index (χ3n) is 2.88. The van der Waals surface area contributed by atoms with Crippen LogP contribution in [0, 0.1) is 0 Å². The van der Waals surface area contributed by atoms with Gasteiger partial charge in [-0.3, -0.25) is 4.79 Å². The van der Waals surface area contributed by atoms with Crippen LogP contribution in [0.4, 0.5) is 18.9 Å². The van der Waals surface area contributed by atoms with Gasteiger partial charge in [-0.1, -0.05) is 11.6 Å². The minimum Gasteiger partial charge on any atom is -0.497 e. The van der Waals surface area contributed by atoms with Crippen LogP contribution in [0.25, 0.3) is 0 Å². The molecule has 2 rings (SSSR count). The molecule has 0 fully saturated rings. The highest BCUT2D eigenvalue weighted by Gasteiger charge is 2.33. The quantitative estimate of drug-likeness (QED) is 0.892. The first-order valence-corrected chi connectivity index (χ1v) is 6.51. The van der Waals surface area contributed by atoms with Gasteiger partial charge in [-0.15, -0.1) is 0 Å². The number of benzene rings is 2. The first-order chi connectivity index (χ1) is 10.3. The van der Waals surface area contributed by atoms with E-state index in [0.29, 0.717) is 11.3 Å². The van der Waals surface area contributed by atoms with Gasteiger partial charge in [0.25, 0.3) is 5.91 Å². The van der Waals surface area contributed by atoms with Crippen LogP contribution < -0.4 is 10.1 Å². The second-order valence-electron chi connectivity index (χ2n) is 4.38. The predicted octanol–water partition coefficient (Wildman–Crippen LogP) is 4.62. The zero-order chi connectivity index (χ0) is 16.3. The molecule has 22 heavy (non-hydrogen) atoms. The van der Waals surface area contributed by atoms with Gasteiger partial charge in [0.2, 0.25) is 0 Å². The zero-order valence-corrected chi connectivity index (χ0v) is 12.1. The maximum atomic E-state index is 12.8. The third-order valence-corrected chi connectivity index (χ3v) is 3.21. The summed E-state index contributed by atoms with van der Waals surface area (Å²) in [6.07, 6.45) is -4.59. The van der Waals surface area contributed by atoms with Crippen molar-refractivity contribution in [2.24, 2.45) is 0 Å². The summed E-state index contributed by atoms with van der Waals surface area (Å²) in [5.74, 6) is 0.0421. The smallest absolute Gasteiger partial charge is 0.417 e.